The highest BCUT2D eigenvalue weighted by molar-refractivity contribution is 5.77. The third-order valence-electron chi connectivity index (χ3n) is 6.75. The molecule has 3 heterocycles. The molecule has 0 bridgehead atoms. The second-order valence-electron chi connectivity index (χ2n) is 9.03. The molecule has 10 heteroatoms. The number of aromatic nitrogens is 3. The lowest BCUT2D eigenvalue weighted by Gasteiger charge is -2.31. The van der Waals surface area contributed by atoms with Gasteiger partial charge in [-0.2, -0.15) is 18.3 Å². The number of nitrogens with zero attached hydrogens (tertiary/aromatic N) is 4. The molecule has 0 N–H and O–H groups in total. The number of fused-ring (bicyclic) bond motifs is 1. The number of amides is 1. The van der Waals surface area contributed by atoms with Gasteiger partial charge in [0.1, 0.15) is 0 Å². The Morgan fingerprint density at radius 1 is 1.21 bits per heavy atom. The lowest BCUT2D eigenvalue weighted by atomic mass is 9.80. The molecule has 0 atom stereocenters. The van der Waals surface area contributed by atoms with Crippen molar-refractivity contribution in [1.29, 1.82) is 0 Å². The van der Waals surface area contributed by atoms with Crippen molar-refractivity contribution in [3.05, 3.63) is 47.0 Å². The van der Waals surface area contributed by atoms with Crippen molar-refractivity contribution >= 4 is 11.9 Å². The largest absolute Gasteiger partial charge is 0.466 e. The minimum absolute atomic E-state index is 0.0621. The van der Waals surface area contributed by atoms with Crippen LogP contribution in [0.3, 0.4) is 0 Å². The number of halogens is 3. The van der Waals surface area contributed by atoms with Crippen LogP contribution in [0.4, 0.5) is 13.2 Å². The fourth-order valence-electron chi connectivity index (χ4n) is 4.95. The molecule has 7 nitrogen and oxygen atoms in total. The standard InChI is InChI=1S/C24H29F3N4O3/c1-2-34-23(33)18-7-5-16(6-8-18)12-21(32)30-11-9-19-20(15-30)31(29-22(19)24(25,26)27)14-17-4-3-10-28-13-17/h3-4,10,13,16,18H,2,5-9,11-12,14-15H2,1H3/t16-,18-. The molecule has 1 saturated carbocycles. The maximum Gasteiger partial charge on any atom is 0.435 e. The maximum absolute atomic E-state index is 13.6. The first-order chi connectivity index (χ1) is 16.3. The van der Waals surface area contributed by atoms with Crippen LogP contribution in [0, 0.1) is 11.8 Å². The first-order valence-corrected chi connectivity index (χ1v) is 11.7. The third kappa shape index (κ3) is 5.42. The number of hydrogen-bond acceptors (Lipinski definition) is 5. The highest BCUT2D eigenvalue weighted by atomic mass is 19.4. The van der Waals surface area contributed by atoms with E-state index >= 15 is 0 Å². The van der Waals surface area contributed by atoms with Gasteiger partial charge in [-0.25, -0.2) is 0 Å². The normalized spacial score (nSPS) is 20.6. The zero-order valence-electron chi connectivity index (χ0n) is 19.2. The number of esters is 1. The third-order valence-corrected chi connectivity index (χ3v) is 6.75. The molecule has 0 unspecified atom stereocenters. The average Bonchev–Trinajstić information content (AvgIpc) is 3.18. The van der Waals surface area contributed by atoms with Crippen LogP contribution in [0.1, 0.15) is 61.5 Å². The second-order valence-corrected chi connectivity index (χ2v) is 9.03. The lowest BCUT2D eigenvalue weighted by molar-refractivity contribution is -0.149. The minimum atomic E-state index is -4.55. The Morgan fingerprint density at radius 3 is 2.62 bits per heavy atom. The van der Waals surface area contributed by atoms with Crippen LogP contribution >= 0.6 is 0 Å². The molecule has 2 aliphatic rings. The van der Waals surface area contributed by atoms with Crippen molar-refractivity contribution in [3.8, 4) is 0 Å². The van der Waals surface area contributed by atoms with Crippen LogP contribution in [0.15, 0.2) is 24.5 Å². The van der Waals surface area contributed by atoms with E-state index in [-0.39, 0.29) is 55.3 Å². The van der Waals surface area contributed by atoms with Gasteiger partial charge in [-0.05, 0) is 56.6 Å². The van der Waals surface area contributed by atoms with E-state index in [1.807, 2.05) is 0 Å². The Kier molecular flexibility index (Phi) is 7.23. The van der Waals surface area contributed by atoms with Gasteiger partial charge < -0.3 is 9.64 Å². The molecule has 0 saturated heterocycles. The van der Waals surface area contributed by atoms with Crippen LogP contribution in [0.25, 0.3) is 0 Å². The first-order valence-electron chi connectivity index (χ1n) is 11.7. The van der Waals surface area contributed by atoms with Crippen molar-refractivity contribution in [2.75, 3.05) is 13.2 Å². The molecule has 4 rings (SSSR count). The van der Waals surface area contributed by atoms with Gasteiger partial charge in [-0.15, -0.1) is 0 Å². The molecule has 184 valence electrons. The molecule has 1 fully saturated rings. The molecular weight excluding hydrogens is 449 g/mol. The SMILES string of the molecule is CCOC(=O)[C@H]1CC[C@H](CC(=O)N2CCc3c(C(F)(F)F)nn(Cc4cccnc4)c3C2)CC1. The molecular formula is C24H29F3N4O3. The highest BCUT2D eigenvalue weighted by Gasteiger charge is 2.41. The van der Waals surface area contributed by atoms with Gasteiger partial charge in [0, 0.05) is 30.9 Å². The predicted octanol–water partition coefficient (Wildman–Crippen LogP) is 3.99. The van der Waals surface area contributed by atoms with Crippen molar-refractivity contribution < 1.29 is 27.5 Å². The molecule has 34 heavy (non-hydrogen) atoms. The summed E-state index contributed by atoms with van der Waals surface area (Å²) in [5.74, 6) is -0.164. The number of rotatable bonds is 6. The highest BCUT2D eigenvalue weighted by Crippen LogP contribution is 2.36. The molecule has 1 aliphatic heterocycles. The van der Waals surface area contributed by atoms with Gasteiger partial charge >= 0.3 is 12.1 Å². The monoisotopic (exact) mass is 478 g/mol. The van der Waals surface area contributed by atoms with E-state index in [2.05, 4.69) is 10.1 Å². The molecule has 0 aromatic carbocycles. The summed E-state index contributed by atoms with van der Waals surface area (Å²) >= 11 is 0. The summed E-state index contributed by atoms with van der Waals surface area (Å²) in [4.78, 5) is 30.6. The van der Waals surface area contributed by atoms with E-state index in [1.54, 1.807) is 36.4 Å². The maximum atomic E-state index is 13.6. The summed E-state index contributed by atoms with van der Waals surface area (Å²) in [6, 6.07) is 3.51. The van der Waals surface area contributed by atoms with Gasteiger partial charge in [-0.3, -0.25) is 19.3 Å². The van der Waals surface area contributed by atoms with E-state index in [9.17, 15) is 22.8 Å². The van der Waals surface area contributed by atoms with Crippen molar-refractivity contribution in [2.45, 2.75) is 64.7 Å². The van der Waals surface area contributed by atoms with Crippen LogP contribution in [-0.2, 0) is 40.0 Å². The average molecular weight is 479 g/mol. The van der Waals surface area contributed by atoms with Crippen molar-refractivity contribution in [1.82, 2.24) is 19.7 Å². The second kappa shape index (κ2) is 10.1. The number of pyridine rings is 1. The topological polar surface area (TPSA) is 77.3 Å². The van der Waals surface area contributed by atoms with Crippen LogP contribution in [0.5, 0.6) is 0 Å². The van der Waals surface area contributed by atoms with Gasteiger partial charge in [-0.1, -0.05) is 6.07 Å². The van der Waals surface area contributed by atoms with Gasteiger partial charge in [0.15, 0.2) is 5.69 Å². The van der Waals surface area contributed by atoms with Crippen molar-refractivity contribution in [3.63, 3.8) is 0 Å². The Labute approximate surface area is 196 Å². The van der Waals surface area contributed by atoms with Gasteiger partial charge in [0.2, 0.25) is 5.91 Å². The summed E-state index contributed by atoms with van der Waals surface area (Å²) in [6.45, 7) is 2.65. The molecule has 2 aromatic heterocycles. The molecule has 1 aliphatic carbocycles. The van der Waals surface area contributed by atoms with Crippen LogP contribution in [0.2, 0.25) is 0 Å². The Balaban J connectivity index is 1.43. The van der Waals surface area contributed by atoms with Gasteiger partial charge in [0.05, 0.1) is 31.3 Å². The fraction of sp³-hybridized carbons (Fsp3) is 0.583. The van der Waals surface area contributed by atoms with E-state index < -0.39 is 11.9 Å². The predicted molar refractivity (Wildman–Crippen MR) is 116 cm³/mol. The number of ether oxygens (including phenoxy) is 1. The first kappa shape index (κ1) is 24.2. The van der Waals surface area contributed by atoms with Gasteiger partial charge in [0.25, 0.3) is 0 Å². The molecule has 1 amide bonds. The number of alkyl halides is 3. The summed E-state index contributed by atoms with van der Waals surface area (Å²) in [6.07, 6.45) is 2.06. The quantitative estimate of drug-likeness (QED) is 0.587. The van der Waals surface area contributed by atoms with Crippen LogP contribution < -0.4 is 0 Å². The van der Waals surface area contributed by atoms with Crippen molar-refractivity contribution in [2.24, 2.45) is 11.8 Å². The number of carbonyl (C=O) groups is 2. The minimum Gasteiger partial charge on any atom is -0.466 e. The fourth-order valence-corrected chi connectivity index (χ4v) is 4.95. The Bertz CT molecular complexity index is 1010. The van der Waals surface area contributed by atoms with Crippen LogP contribution in [-0.4, -0.2) is 44.7 Å². The zero-order valence-corrected chi connectivity index (χ0v) is 19.2. The Hall–Kier alpha value is -2.91. The van der Waals surface area contributed by atoms with E-state index in [4.69, 9.17) is 4.74 Å². The van der Waals surface area contributed by atoms with E-state index in [0.29, 0.717) is 31.6 Å². The summed E-state index contributed by atoms with van der Waals surface area (Å²) in [7, 11) is 0. The molecule has 2 aromatic rings. The number of carbonyl (C=O) groups excluding carboxylic acids is 2. The molecule has 0 radical (unpaired) electrons. The van der Waals surface area contributed by atoms with E-state index in [0.717, 1.165) is 18.4 Å². The summed E-state index contributed by atoms with van der Waals surface area (Å²) in [5, 5.41) is 3.89. The van der Waals surface area contributed by atoms with E-state index in [1.165, 1.54) is 4.68 Å². The Morgan fingerprint density at radius 2 is 1.97 bits per heavy atom. The lowest BCUT2D eigenvalue weighted by Crippen LogP contribution is -2.38. The smallest absolute Gasteiger partial charge is 0.435 e. The summed E-state index contributed by atoms with van der Waals surface area (Å²) in [5.41, 5.74) is 0.483. The zero-order chi connectivity index (χ0) is 24.3. The molecule has 0 spiro atoms. The number of hydrogen-bond donors (Lipinski definition) is 0. The summed E-state index contributed by atoms with van der Waals surface area (Å²) < 4.78 is 47.3.